The van der Waals surface area contributed by atoms with E-state index in [0.717, 1.165) is 24.0 Å². The number of nitrogens with two attached hydrogens (primary N) is 1. The van der Waals surface area contributed by atoms with E-state index >= 15 is 0 Å². The summed E-state index contributed by atoms with van der Waals surface area (Å²) in [7, 11) is -3.39. The van der Waals surface area contributed by atoms with Crippen LogP contribution in [0, 0.1) is 12.8 Å². The molecule has 106 valence electrons. The fourth-order valence-electron chi connectivity index (χ4n) is 2.17. The first-order chi connectivity index (χ1) is 8.98. The fourth-order valence-corrected chi connectivity index (χ4v) is 3.97. The molecule has 0 saturated heterocycles. The van der Waals surface area contributed by atoms with Gasteiger partial charge in [-0.15, -0.1) is 0 Å². The molecule has 0 aromatic heterocycles. The lowest BCUT2D eigenvalue weighted by molar-refractivity contribution is 0.411. The van der Waals surface area contributed by atoms with Crippen LogP contribution in [0.3, 0.4) is 0 Å². The van der Waals surface area contributed by atoms with Crippen molar-refractivity contribution in [3.8, 4) is 0 Å². The molecule has 4 nitrogen and oxygen atoms in total. The van der Waals surface area contributed by atoms with Gasteiger partial charge in [-0.1, -0.05) is 19.1 Å². The molecular weight excluding hydrogens is 260 g/mol. The lowest BCUT2D eigenvalue weighted by Gasteiger charge is -2.21. The third kappa shape index (κ3) is 3.16. The normalized spacial score (nSPS) is 16.0. The molecule has 0 spiro atoms. The van der Waals surface area contributed by atoms with E-state index in [4.69, 9.17) is 5.73 Å². The zero-order valence-electron chi connectivity index (χ0n) is 11.6. The van der Waals surface area contributed by atoms with Gasteiger partial charge in [-0.3, -0.25) is 0 Å². The molecule has 2 N–H and O–H groups in total. The van der Waals surface area contributed by atoms with Gasteiger partial charge in [0.15, 0.2) is 0 Å². The van der Waals surface area contributed by atoms with E-state index in [1.165, 1.54) is 0 Å². The van der Waals surface area contributed by atoms with Gasteiger partial charge in [-0.2, -0.15) is 4.31 Å². The first kappa shape index (κ1) is 14.5. The molecule has 1 saturated carbocycles. The molecule has 1 aliphatic carbocycles. The summed E-state index contributed by atoms with van der Waals surface area (Å²) in [6.07, 6.45) is 2.29. The maximum absolute atomic E-state index is 12.7. The summed E-state index contributed by atoms with van der Waals surface area (Å²) in [4.78, 5) is 0.401. The average molecular weight is 282 g/mol. The number of sulfonamides is 1. The number of hydrogen-bond acceptors (Lipinski definition) is 3. The summed E-state index contributed by atoms with van der Waals surface area (Å²) < 4.78 is 27.0. The van der Waals surface area contributed by atoms with Crippen LogP contribution in [0.25, 0.3) is 0 Å². The van der Waals surface area contributed by atoms with Crippen LogP contribution in [0.15, 0.2) is 23.1 Å². The van der Waals surface area contributed by atoms with E-state index in [-0.39, 0.29) is 0 Å². The van der Waals surface area contributed by atoms with Crippen molar-refractivity contribution in [2.24, 2.45) is 11.7 Å². The first-order valence-corrected chi connectivity index (χ1v) is 8.22. The Morgan fingerprint density at radius 1 is 1.37 bits per heavy atom. The van der Waals surface area contributed by atoms with Gasteiger partial charge in [0, 0.05) is 19.6 Å². The third-order valence-corrected chi connectivity index (χ3v) is 5.70. The molecule has 0 unspecified atom stereocenters. The number of aryl methyl sites for hydroxylation is 1. The summed E-state index contributed by atoms with van der Waals surface area (Å²) in [5, 5.41) is 0. The fraction of sp³-hybridized carbons (Fsp3) is 0.571. The average Bonchev–Trinajstić information content (AvgIpc) is 3.20. The summed E-state index contributed by atoms with van der Waals surface area (Å²) in [5.74, 6) is 0.549. The highest BCUT2D eigenvalue weighted by molar-refractivity contribution is 7.89. The molecule has 2 rings (SSSR count). The van der Waals surface area contributed by atoms with Crippen LogP contribution < -0.4 is 5.73 Å². The van der Waals surface area contributed by atoms with Gasteiger partial charge < -0.3 is 5.73 Å². The van der Waals surface area contributed by atoms with E-state index in [1.54, 1.807) is 10.4 Å². The Kier molecular flexibility index (Phi) is 4.28. The second kappa shape index (κ2) is 5.61. The Morgan fingerprint density at radius 2 is 2.05 bits per heavy atom. The minimum atomic E-state index is -3.39. The summed E-state index contributed by atoms with van der Waals surface area (Å²) >= 11 is 0. The molecule has 1 aromatic carbocycles. The van der Waals surface area contributed by atoms with E-state index in [9.17, 15) is 8.42 Å². The predicted molar refractivity (Wildman–Crippen MR) is 76.2 cm³/mol. The van der Waals surface area contributed by atoms with Crippen LogP contribution in [0.4, 0.5) is 0 Å². The molecule has 0 atom stereocenters. The summed E-state index contributed by atoms with van der Waals surface area (Å²) in [6.45, 7) is 5.24. The van der Waals surface area contributed by atoms with Crippen LogP contribution in [0.5, 0.6) is 0 Å². The van der Waals surface area contributed by atoms with Gasteiger partial charge in [0.2, 0.25) is 10.0 Å². The van der Waals surface area contributed by atoms with Crippen molar-refractivity contribution in [2.45, 2.75) is 38.1 Å². The van der Waals surface area contributed by atoms with Crippen molar-refractivity contribution in [3.63, 3.8) is 0 Å². The molecule has 1 aromatic rings. The van der Waals surface area contributed by atoms with Crippen molar-refractivity contribution in [1.29, 1.82) is 0 Å². The van der Waals surface area contributed by atoms with Crippen molar-refractivity contribution >= 4 is 10.0 Å². The quantitative estimate of drug-likeness (QED) is 0.866. The second-order valence-corrected chi connectivity index (χ2v) is 7.11. The highest BCUT2D eigenvalue weighted by atomic mass is 32.2. The Labute approximate surface area is 115 Å². The number of hydrogen-bond donors (Lipinski definition) is 1. The van der Waals surface area contributed by atoms with Gasteiger partial charge in [-0.25, -0.2) is 8.42 Å². The molecule has 0 radical (unpaired) electrons. The lowest BCUT2D eigenvalue weighted by atomic mass is 10.1. The smallest absolute Gasteiger partial charge is 0.243 e. The lowest BCUT2D eigenvalue weighted by Crippen LogP contribution is -2.33. The third-order valence-electron chi connectivity index (χ3n) is 3.62. The van der Waals surface area contributed by atoms with Crippen LogP contribution in [0.2, 0.25) is 0 Å². The topological polar surface area (TPSA) is 63.4 Å². The predicted octanol–water partition coefficient (Wildman–Crippen LogP) is 1.87. The van der Waals surface area contributed by atoms with Gasteiger partial charge in [0.25, 0.3) is 0 Å². The van der Waals surface area contributed by atoms with Crippen molar-refractivity contribution in [1.82, 2.24) is 4.31 Å². The largest absolute Gasteiger partial charge is 0.326 e. The molecule has 1 aliphatic rings. The van der Waals surface area contributed by atoms with Crippen molar-refractivity contribution in [2.75, 3.05) is 13.1 Å². The second-order valence-electron chi connectivity index (χ2n) is 5.20. The zero-order valence-corrected chi connectivity index (χ0v) is 12.4. The molecule has 0 aliphatic heterocycles. The van der Waals surface area contributed by atoms with E-state index in [1.807, 2.05) is 26.0 Å². The van der Waals surface area contributed by atoms with Crippen molar-refractivity contribution in [3.05, 3.63) is 29.3 Å². The monoisotopic (exact) mass is 282 g/mol. The van der Waals surface area contributed by atoms with Crippen LogP contribution in [-0.2, 0) is 16.6 Å². The van der Waals surface area contributed by atoms with Gasteiger partial charge >= 0.3 is 0 Å². The number of benzene rings is 1. The molecule has 1 fully saturated rings. The Bertz CT molecular complexity index is 551. The van der Waals surface area contributed by atoms with Crippen LogP contribution in [0.1, 0.15) is 30.9 Å². The molecule has 0 bridgehead atoms. The number of nitrogens with zero attached hydrogens (tertiary/aromatic N) is 1. The van der Waals surface area contributed by atoms with Crippen LogP contribution >= 0.6 is 0 Å². The van der Waals surface area contributed by atoms with Gasteiger partial charge in [0.05, 0.1) is 4.90 Å². The Balaban J connectivity index is 2.35. The Morgan fingerprint density at radius 3 is 2.58 bits per heavy atom. The zero-order chi connectivity index (χ0) is 14.0. The SMILES string of the molecule is CCN(CC1CC1)S(=O)(=O)c1cc(CN)ccc1C. The maximum atomic E-state index is 12.7. The minimum absolute atomic E-state index is 0.359. The number of rotatable bonds is 6. The molecule has 0 heterocycles. The molecular formula is C14H22N2O2S. The van der Waals surface area contributed by atoms with E-state index in [2.05, 4.69) is 0 Å². The van der Waals surface area contributed by atoms with Crippen LogP contribution in [-0.4, -0.2) is 25.8 Å². The molecule has 19 heavy (non-hydrogen) atoms. The van der Waals surface area contributed by atoms with E-state index < -0.39 is 10.0 Å². The molecule has 5 heteroatoms. The summed E-state index contributed by atoms with van der Waals surface area (Å²) in [6, 6.07) is 5.42. The van der Waals surface area contributed by atoms with Gasteiger partial charge in [0.1, 0.15) is 0 Å². The van der Waals surface area contributed by atoms with E-state index in [0.29, 0.717) is 30.4 Å². The Hall–Kier alpha value is -0.910. The minimum Gasteiger partial charge on any atom is -0.326 e. The maximum Gasteiger partial charge on any atom is 0.243 e. The highest BCUT2D eigenvalue weighted by Crippen LogP contribution is 2.32. The standard InChI is InChI=1S/C14H22N2O2S/c1-3-16(10-12-6-7-12)19(17,18)14-8-13(9-15)5-4-11(14)2/h4-5,8,12H,3,6-7,9-10,15H2,1-2H3. The van der Waals surface area contributed by atoms with Gasteiger partial charge in [-0.05, 0) is 42.9 Å². The van der Waals surface area contributed by atoms with Crippen molar-refractivity contribution < 1.29 is 8.42 Å². The first-order valence-electron chi connectivity index (χ1n) is 6.78. The molecule has 0 amide bonds. The highest BCUT2D eigenvalue weighted by Gasteiger charge is 2.31. The summed E-state index contributed by atoms with van der Waals surface area (Å²) in [5.41, 5.74) is 7.24.